The van der Waals surface area contributed by atoms with E-state index in [4.69, 9.17) is 9.47 Å². The van der Waals surface area contributed by atoms with Crippen molar-refractivity contribution in [2.24, 2.45) is 0 Å². The fourth-order valence-corrected chi connectivity index (χ4v) is 3.67. The lowest BCUT2D eigenvalue weighted by Gasteiger charge is -2.43. The summed E-state index contributed by atoms with van der Waals surface area (Å²) in [6, 6.07) is 2.68. The predicted octanol–water partition coefficient (Wildman–Crippen LogP) is 0.449. The van der Waals surface area contributed by atoms with Crippen molar-refractivity contribution < 1.29 is 43.8 Å². The van der Waals surface area contributed by atoms with Gasteiger partial charge in [0.15, 0.2) is 17.7 Å². The number of hydrogen-bond donors (Lipinski definition) is 5. The Morgan fingerprint density at radius 1 is 1.16 bits per heavy atom. The third-order valence-corrected chi connectivity index (χ3v) is 5.62. The second-order valence-corrected chi connectivity index (χ2v) is 8.25. The minimum Gasteiger partial charge on any atom is -0.417 e. The molecule has 32 heavy (non-hydrogen) atoms. The van der Waals surface area contributed by atoms with Gasteiger partial charge in [0.1, 0.15) is 18.3 Å². The standard InChI is InChI=1S/C21H28F2N2O7/c1-9(2)25-11(4)13(7-12-6-5-10(3)15(22)16(12)23)20(24-25)32-21(30)19(29)18(28)17(27)14(8-26)31-21/h5-6,9,14,17-19,26-30H,7-8H2,1-4H3/t14-,17-,18+,19-,21+/m1/s1. The van der Waals surface area contributed by atoms with Crippen LogP contribution in [0.1, 0.15) is 42.3 Å². The second kappa shape index (κ2) is 9.00. The van der Waals surface area contributed by atoms with Crippen LogP contribution in [-0.2, 0) is 11.2 Å². The molecule has 1 aliphatic rings. The molecule has 0 aliphatic carbocycles. The molecule has 1 aliphatic heterocycles. The van der Waals surface area contributed by atoms with Crippen molar-refractivity contribution in [3.63, 3.8) is 0 Å². The summed E-state index contributed by atoms with van der Waals surface area (Å²) in [5.41, 5.74) is 0.980. The van der Waals surface area contributed by atoms with E-state index in [0.717, 1.165) is 0 Å². The van der Waals surface area contributed by atoms with Crippen molar-refractivity contribution in [2.45, 2.75) is 70.5 Å². The number of ether oxygens (including phenoxy) is 2. The molecule has 2 heterocycles. The molecule has 0 radical (unpaired) electrons. The van der Waals surface area contributed by atoms with Crippen LogP contribution in [-0.4, -0.2) is 72.3 Å². The van der Waals surface area contributed by atoms with Gasteiger partial charge in [0.2, 0.25) is 5.88 Å². The van der Waals surface area contributed by atoms with Crippen LogP contribution in [0.4, 0.5) is 8.78 Å². The van der Waals surface area contributed by atoms with Gasteiger partial charge in [0.25, 0.3) is 0 Å². The summed E-state index contributed by atoms with van der Waals surface area (Å²) >= 11 is 0. The highest BCUT2D eigenvalue weighted by atomic mass is 19.2. The third-order valence-electron chi connectivity index (χ3n) is 5.62. The van der Waals surface area contributed by atoms with Crippen LogP contribution < -0.4 is 4.74 Å². The summed E-state index contributed by atoms with van der Waals surface area (Å²) in [4.78, 5) is 0. The third kappa shape index (κ3) is 4.24. The van der Waals surface area contributed by atoms with Crippen LogP contribution in [0.15, 0.2) is 12.1 Å². The van der Waals surface area contributed by atoms with Gasteiger partial charge < -0.3 is 35.0 Å². The molecule has 1 saturated heterocycles. The molecule has 1 aromatic heterocycles. The summed E-state index contributed by atoms with van der Waals surface area (Å²) in [7, 11) is 0. The highest BCUT2D eigenvalue weighted by Crippen LogP contribution is 2.35. The summed E-state index contributed by atoms with van der Waals surface area (Å²) < 4.78 is 40.7. The van der Waals surface area contributed by atoms with Crippen molar-refractivity contribution in [3.8, 4) is 5.88 Å². The maximum Gasteiger partial charge on any atom is 0.356 e. The largest absolute Gasteiger partial charge is 0.417 e. The Bertz CT molecular complexity index is 982. The maximum atomic E-state index is 14.5. The van der Waals surface area contributed by atoms with Gasteiger partial charge in [-0.25, -0.2) is 8.78 Å². The number of aliphatic hydroxyl groups is 5. The Kier molecular flexibility index (Phi) is 6.89. The van der Waals surface area contributed by atoms with Crippen molar-refractivity contribution >= 4 is 0 Å². The SMILES string of the molecule is Cc1ccc(Cc2c(O[C@@]3(O)O[C@H](CO)[C@@H](O)[C@H](O)[C@H]3O)nn(C(C)C)c2C)c(F)c1F. The van der Waals surface area contributed by atoms with Crippen molar-refractivity contribution in [3.05, 3.63) is 46.2 Å². The molecule has 2 aromatic rings. The van der Waals surface area contributed by atoms with Crippen LogP contribution in [0.25, 0.3) is 0 Å². The minimum absolute atomic E-state index is 0.0187. The molecule has 178 valence electrons. The van der Waals surface area contributed by atoms with Gasteiger partial charge >= 0.3 is 5.97 Å². The predicted molar refractivity (Wildman–Crippen MR) is 107 cm³/mol. The van der Waals surface area contributed by atoms with Gasteiger partial charge in [-0.3, -0.25) is 4.68 Å². The topological polar surface area (TPSA) is 137 Å². The molecule has 0 bridgehead atoms. The maximum absolute atomic E-state index is 14.5. The number of aromatic nitrogens is 2. The first kappa shape index (κ1) is 24.5. The van der Waals surface area contributed by atoms with E-state index in [9.17, 15) is 34.3 Å². The molecular weight excluding hydrogens is 430 g/mol. The van der Waals surface area contributed by atoms with Gasteiger partial charge in [-0.15, -0.1) is 5.10 Å². The summed E-state index contributed by atoms with van der Waals surface area (Å²) in [5, 5.41) is 54.7. The second-order valence-electron chi connectivity index (χ2n) is 8.25. The molecule has 1 aromatic carbocycles. The van der Waals surface area contributed by atoms with Gasteiger partial charge in [-0.1, -0.05) is 12.1 Å². The molecule has 11 heteroatoms. The van der Waals surface area contributed by atoms with E-state index in [1.165, 1.54) is 23.7 Å². The number of nitrogens with zero attached hydrogens (tertiary/aromatic N) is 2. The fourth-order valence-electron chi connectivity index (χ4n) is 3.67. The highest BCUT2D eigenvalue weighted by Gasteiger charge is 2.55. The van der Waals surface area contributed by atoms with E-state index in [0.29, 0.717) is 5.69 Å². The zero-order chi connectivity index (χ0) is 24.0. The number of halogens is 2. The summed E-state index contributed by atoms with van der Waals surface area (Å²) in [6.07, 6.45) is -7.31. The molecule has 0 amide bonds. The minimum atomic E-state index is -2.87. The number of aliphatic hydroxyl groups excluding tert-OH is 4. The van der Waals surface area contributed by atoms with Crippen LogP contribution >= 0.6 is 0 Å². The van der Waals surface area contributed by atoms with Crippen LogP contribution in [0.5, 0.6) is 5.88 Å². The van der Waals surface area contributed by atoms with Crippen LogP contribution in [0, 0.1) is 25.5 Å². The van der Waals surface area contributed by atoms with Crippen molar-refractivity contribution in [2.75, 3.05) is 6.61 Å². The van der Waals surface area contributed by atoms with Gasteiger partial charge in [0, 0.05) is 23.7 Å². The molecule has 3 rings (SSSR count). The Labute approximate surface area is 183 Å². The zero-order valence-electron chi connectivity index (χ0n) is 18.2. The Balaban J connectivity index is 2.03. The molecule has 1 fully saturated rings. The molecule has 9 nitrogen and oxygen atoms in total. The molecule has 5 atom stereocenters. The van der Waals surface area contributed by atoms with Gasteiger partial charge in [-0.2, -0.15) is 0 Å². The van der Waals surface area contributed by atoms with Crippen LogP contribution in [0.3, 0.4) is 0 Å². The number of rotatable bonds is 6. The zero-order valence-corrected chi connectivity index (χ0v) is 18.2. The van der Waals surface area contributed by atoms with Crippen molar-refractivity contribution in [1.29, 1.82) is 0 Å². The Hall–Kier alpha value is -2.15. The molecular formula is C21H28F2N2O7. The normalized spacial score (nSPS) is 28.4. The smallest absolute Gasteiger partial charge is 0.356 e. The average molecular weight is 458 g/mol. The van der Waals surface area contributed by atoms with Gasteiger partial charge in [0.05, 0.1) is 6.61 Å². The quantitative estimate of drug-likeness (QED) is 0.394. The summed E-state index contributed by atoms with van der Waals surface area (Å²) in [5.74, 6) is -5.13. The highest BCUT2D eigenvalue weighted by molar-refractivity contribution is 5.38. The van der Waals surface area contributed by atoms with E-state index >= 15 is 0 Å². The van der Waals surface area contributed by atoms with E-state index in [1.807, 2.05) is 13.8 Å². The number of aryl methyl sites for hydroxylation is 1. The number of benzene rings is 1. The fraction of sp³-hybridized carbons (Fsp3) is 0.571. The molecule has 0 spiro atoms. The lowest BCUT2D eigenvalue weighted by atomic mass is 9.97. The first-order valence-corrected chi connectivity index (χ1v) is 10.2. The molecule has 0 unspecified atom stereocenters. The van der Waals surface area contributed by atoms with E-state index in [1.54, 1.807) is 6.92 Å². The van der Waals surface area contributed by atoms with Crippen LogP contribution in [0.2, 0.25) is 0 Å². The molecule has 5 N–H and O–H groups in total. The number of hydrogen-bond acceptors (Lipinski definition) is 8. The Morgan fingerprint density at radius 2 is 1.81 bits per heavy atom. The Morgan fingerprint density at radius 3 is 2.41 bits per heavy atom. The van der Waals surface area contributed by atoms with E-state index in [2.05, 4.69) is 5.10 Å². The van der Waals surface area contributed by atoms with E-state index < -0.39 is 48.6 Å². The lowest BCUT2D eigenvalue weighted by molar-refractivity contribution is -0.423. The monoisotopic (exact) mass is 458 g/mol. The first-order valence-electron chi connectivity index (χ1n) is 10.2. The molecule has 0 saturated carbocycles. The average Bonchev–Trinajstić information content (AvgIpc) is 3.05. The van der Waals surface area contributed by atoms with Gasteiger partial charge in [-0.05, 0) is 38.8 Å². The lowest BCUT2D eigenvalue weighted by Crippen LogP contribution is -2.67. The van der Waals surface area contributed by atoms with Crippen molar-refractivity contribution in [1.82, 2.24) is 9.78 Å². The van der Waals surface area contributed by atoms with E-state index in [-0.39, 0.29) is 35.0 Å². The first-order chi connectivity index (χ1) is 14.9. The summed E-state index contributed by atoms with van der Waals surface area (Å²) in [6.45, 7) is 5.98.